The molecule has 3 aromatic carbocycles. The second-order valence-electron chi connectivity index (χ2n) is 6.02. The van der Waals surface area contributed by atoms with Crippen LogP contribution in [0.2, 0.25) is 0 Å². The van der Waals surface area contributed by atoms with Crippen LogP contribution >= 0.6 is 0 Å². The molecule has 138 valence electrons. The van der Waals surface area contributed by atoms with Gasteiger partial charge in [-0.25, -0.2) is 0 Å². The number of para-hydroxylation sites is 2. The van der Waals surface area contributed by atoms with Gasteiger partial charge in [0.1, 0.15) is 34.6 Å². The topological polar surface area (TPSA) is 42.2 Å². The molecule has 3 heteroatoms. The van der Waals surface area contributed by atoms with Gasteiger partial charge in [0.25, 0.3) is 0 Å². The highest BCUT2D eigenvalue weighted by atomic mass is 16.5. The first-order valence-electron chi connectivity index (χ1n) is 9.09. The summed E-state index contributed by atoms with van der Waals surface area (Å²) < 4.78 is 12.1. The molecule has 0 radical (unpaired) electrons. The average molecular weight is 367 g/mol. The number of allylic oxidation sites excluding steroid dienone is 2. The van der Waals surface area contributed by atoms with Crippen LogP contribution in [0, 0.1) is 11.3 Å². The minimum absolute atomic E-state index is 0.355. The number of hydrogen-bond donors (Lipinski definition) is 0. The average Bonchev–Trinajstić information content (AvgIpc) is 2.71. The lowest BCUT2D eigenvalue weighted by Gasteiger charge is -2.14. The van der Waals surface area contributed by atoms with Gasteiger partial charge in [-0.1, -0.05) is 66.8 Å². The lowest BCUT2D eigenvalue weighted by molar-refractivity contribution is 0.456. The Bertz CT molecular complexity index is 982. The van der Waals surface area contributed by atoms with Gasteiger partial charge in [-0.2, -0.15) is 5.26 Å². The Kier molecular flexibility index (Phi) is 6.28. The Balaban J connectivity index is 1.98. The normalized spacial score (nSPS) is 10.9. The summed E-state index contributed by atoms with van der Waals surface area (Å²) in [5.41, 5.74) is 2.24. The molecule has 0 bridgehead atoms. The quantitative estimate of drug-likeness (QED) is 0.462. The molecule has 3 rings (SSSR count). The molecule has 0 spiro atoms. The summed E-state index contributed by atoms with van der Waals surface area (Å²) in [6, 6.07) is 23.0. The van der Waals surface area contributed by atoms with Gasteiger partial charge in [-0.15, -0.1) is 0 Å². The first-order valence-corrected chi connectivity index (χ1v) is 9.09. The molecular weight excluding hydrogens is 346 g/mol. The van der Waals surface area contributed by atoms with Crippen molar-refractivity contribution in [1.82, 2.24) is 0 Å². The zero-order valence-electron chi connectivity index (χ0n) is 15.9. The van der Waals surface area contributed by atoms with Crippen LogP contribution in [0.1, 0.15) is 30.5 Å². The van der Waals surface area contributed by atoms with E-state index in [0.29, 0.717) is 28.6 Å². The van der Waals surface area contributed by atoms with Crippen molar-refractivity contribution in [2.75, 3.05) is 0 Å². The van der Waals surface area contributed by atoms with Gasteiger partial charge in [0.15, 0.2) is 0 Å². The van der Waals surface area contributed by atoms with Crippen LogP contribution in [-0.4, -0.2) is 0 Å². The van der Waals surface area contributed by atoms with E-state index in [4.69, 9.17) is 9.47 Å². The van der Waals surface area contributed by atoms with Crippen molar-refractivity contribution >= 4 is 12.2 Å². The molecule has 0 atom stereocenters. The van der Waals surface area contributed by atoms with Crippen LogP contribution in [-0.2, 0) is 0 Å². The number of hydrogen-bond acceptors (Lipinski definition) is 3. The number of nitrogens with zero attached hydrogens (tertiary/aromatic N) is 1. The number of nitriles is 1. The van der Waals surface area contributed by atoms with E-state index in [-0.39, 0.29) is 0 Å². The zero-order chi connectivity index (χ0) is 19.8. The van der Waals surface area contributed by atoms with Gasteiger partial charge < -0.3 is 9.47 Å². The smallest absolute Gasteiger partial charge is 0.149 e. The van der Waals surface area contributed by atoms with Gasteiger partial charge in [0.05, 0.1) is 0 Å². The Morgan fingerprint density at radius 1 is 0.643 bits per heavy atom. The molecule has 0 heterocycles. The van der Waals surface area contributed by atoms with Crippen LogP contribution < -0.4 is 9.47 Å². The second kappa shape index (κ2) is 9.25. The largest absolute Gasteiger partial charge is 0.455 e. The van der Waals surface area contributed by atoms with Crippen molar-refractivity contribution in [1.29, 1.82) is 5.26 Å². The van der Waals surface area contributed by atoms with Crippen molar-refractivity contribution < 1.29 is 9.47 Å². The third kappa shape index (κ3) is 4.31. The molecule has 0 aliphatic rings. The van der Waals surface area contributed by atoms with Crippen molar-refractivity contribution in [2.45, 2.75) is 13.8 Å². The van der Waals surface area contributed by atoms with Crippen molar-refractivity contribution in [3.05, 3.63) is 95.6 Å². The molecule has 0 aromatic heterocycles. The SMILES string of the molecule is C/C=C/c1ccccc1Oc1cccc(Oc2ccccc2/C=C/C)c1C#N. The maximum absolute atomic E-state index is 9.76. The highest BCUT2D eigenvalue weighted by molar-refractivity contribution is 5.62. The fourth-order valence-electron chi connectivity index (χ4n) is 2.81. The maximum atomic E-state index is 9.76. The Morgan fingerprint density at radius 3 is 1.50 bits per heavy atom. The molecule has 0 saturated heterocycles. The van der Waals surface area contributed by atoms with Gasteiger partial charge >= 0.3 is 0 Å². The molecule has 3 nitrogen and oxygen atoms in total. The van der Waals surface area contributed by atoms with Gasteiger partial charge in [0.2, 0.25) is 0 Å². The summed E-state index contributed by atoms with van der Waals surface area (Å²) in [6.45, 7) is 3.91. The fraction of sp³-hybridized carbons (Fsp3) is 0.0800. The highest BCUT2D eigenvalue weighted by Gasteiger charge is 2.14. The number of ether oxygens (including phenoxy) is 2. The van der Waals surface area contributed by atoms with Crippen molar-refractivity contribution in [3.8, 4) is 29.1 Å². The molecule has 0 unspecified atom stereocenters. The number of benzene rings is 3. The third-order valence-corrected chi connectivity index (χ3v) is 4.07. The third-order valence-electron chi connectivity index (χ3n) is 4.07. The predicted octanol–water partition coefficient (Wildman–Crippen LogP) is 7.21. The van der Waals surface area contributed by atoms with E-state index in [1.165, 1.54) is 0 Å². The summed E-state index contributed by atoms with van der Waals surface area (Å²) in [7, 11) is 0. The second-order valence-corrected chi connectivity index (χ2v) is 6.02. The summed E-state index contributed by atoms with van der Waals surface area (Å²) in [5, 5.41) is 9.76. The minimum atomic E-state index is 0.355. The van der Waals surface area contributed by atoms with E-state index >= 15 is 0 Å². The first kappa shape index (κ1) is 19.0. The maximum Gasteiger partial charge on any atom is 0.149 e. The fourth-order valence-corrected chi connectivity index (χ4v) is 2.81. The van der Waals surface area contributed by atoms with E-state index in [0.717, 1.165) is 11.1 Å². The van der Waals surface area contributed by atoms with E-state index in [1.807, 2.05) is 92.7 Å². The molecule has 3 aromatic rings. The molecule has 0 saturated carbocycles. The van der Waals surface area contributed by atoms with Crippen molar-refractivity contribution in [3.63, 3.8) is 0 Å². The molecule has 0 amide bonds. The Morgan fingerprint density at radius 2 is 1.07 bits per heavy atom. The van der Waals surface area contributed by atoms with Gasteiger partial charge in [-0.05, 0) is 38.1 Å². The van der Waals surface area contributed by atoms with E-state index in [1.54, 1.807) is 12.1 Å². The summed E-state index contributed by atoms with van der Waals surface area (Å²) in [4.78, 5) is 0. The lowest BCUT2D eigenvalue weighted by atomic mass is 10.1. The summed E-state index contributed by atoms with van der Waals surface area (Å²) in [6.07, 6.45) is 7.83. The first-order chi connectivity index (χ1) is 13.8. The molecule has 0 aliphatic heterocycles. The van der Waals surface area contributed by atoms with Crippen LogP contribution in [0.5, 0.6) is 23.0 Å². The molecule has 0 N–H and O–H groups in total. The zero-order valence-corrected chi connectivity index (χ0v) is 15.9. The van der Waals surface area contributed by atoms with Crippen LogP contribution in [0.25, 0.3) is 12.2 Å². The number of rotatable bonds is 6. The van der Waals surface area contributed by atoms with E-state index in [2.05, 4.69) is 6.07 Å². The van der Waals surface area contributed by atoms with E-state index < -0.39 is 0 Å². The van der Waals surface area contributed by atoms with Gasteiger partial charge in [0, 0.05) is 11.1 Å². The summed E-state index contributed by atoms with van der Waals surface area (Å²) in [5.74, 6) is 2.29. The summed E-state index contributed by atoms with van der Waals surface area (Å²) >= 11 is 0. The van der Waals surface area contributed by atoms with Gasteiger partial charge in [-0.3, -0.25) is 0 Å². The Hall–Kier alpha value is -3.77. The molecule has 0 fully saturated rings. The standard InChI is InChI=1S/C25H21NO2/c1-3-10-19-12-5-7-14-22(19)27-24-16-9-17-25(21(24)18-26)28-23-15-8-6-13-20(23)11-4-2/h3-17H,1-2H3/b10-3+,11-4+. The molecule has 28 heavy (non-hydrogen) atoms. The van der Waals surface area contributed by atoms with E-state index in [9.17, 15) is 5.26 Å². The molecule has 0 aliphatic carbocycles. The highest BCUT2D eigenvalue weighted by Crippen LogP contribution is 2.36. The van der Waals surface area contributed by atoms with Crippen LogP contribution in [0.15, 0.2) is 78.9 Å². The minimum Gasteiger partial charge on any atom is -0.455 e. The van der Waals surface area contributed by atoms with Crippen LogP contribution in [0.3, 0.4) is 0 Å². The molecular formula is C25H21NO2. The predicted molar refractivity (Wildman–Crippen MR) is 114 cm³/mol. The monoisotopic (exact) mass is 367 g/mol. The van der Waals surface area contributed by atoms with Crippen LogP contribution in [0.4, 0.5) is 0 Å². The van der Waals surface area contributed by atoms with Crippen molar-refractivity contribution in [2.24, 2.45) is 0 Å². The lowest BCUT2D eigenvalue weighted by Crippen LogP contribution is -1.95. The Labute approximate surface area is 165 Å².